The van der Waals surface area contributed by atoms with E-state index in [9.17, 15) is 9.59 Å². The van der Waals surface area contributed by atoms with Crippen LogP contribution in [0.25, 0.3) is 0 Å². The van der Waals surface area contributed by atoms with Gasteiger partial charge in [-0.2, -0.15) is 0 Å². The molecule has 0 aliphatic rings. The molecule has 0 aromatic heterocycles. The summed E-state index contributed by atoms with van der Waals surface area (Å²) >= 11 is 3.46. The smallest absolute Gasteiger partial charge is 0.261 e. The van der Waals surface area contributed by atoms with Gasteiger partial charge in [0, 0.05) is 17.6 Å². The molecular formula is C24H31BrN2O3. The number of aryl methyl sites for hydroxylation is 1. The third kappa shape index (κ3) is 7.48. The van der Waals surface area contributed by atoms with Crippen LogP contribution in [-0.2, 0) is 22.6 Å². The summed E-state index contributed by atoms with van der Waals surface area (Å²) in [6.45, 7) is 6.74. The van der Waals surface area contributed by atoms with Gasteiger partial charge in [0.25, 0.3) is 5.91 Å². The first kappa shape index (κ1) is 23.9. The molecule has 6 heteroatoms. The minimum absolute atomic E-state index is 0.119. The predicted molar refractivity (Wildman–Crippen MR) is 123 cm³/mol. The summed E-state index contributed by atoms with van der Waals surface area (Å²) < 4.78 is 6.64. The number of hydrogen-bond acceptors (Lipinski definition) is 3. The summed E-state index contributed by atoms with van der Waals surface area (Å²) in [5.74, 6) is 0.259. The van der Waals surface area contributed by atoms with Gasteiger partial charge in [-0.25, -0.2) is 0 Å². The molecule has 2 aromatic rings. The fourth-order valence-electron chi connectivity index (χ4n) is 3.00. The number of benzene rings is 2. The number of ether oxygens (including phenoxy) is 1. The number of halogens is 1. The van der Waals surface area contributed by atoms with Gasteiger partial charge >= 0.3 is 0 Å². The van der Waals surface area contributed by atoms with Crippen molar-refractivity contribution in [1.82, 2.24) is 10.2 Å². The molecule has 0 aliphatic heterocycles. The van der Waals surface area contributed by atoms with Crippen molar-refractivity contribution in [3.8, 4) is 5.75 Å². The van der Waals surface area contributed by atoms with Crippen molar-refractivity contribution in [3.05, 3.63) is 64.1 Å². The fraction of sp³-hybridized carbons (Fsp3) is 0.417. The molecule has 30 heavy (non-hydrogen) atoms. The molecule has 0 spiro atoms. The highest BCUT2D eigenvalue weighted by Crippen LogP contribution is 2.17. The highest BCUT2D eigenvalue weighted by atomic mass is 79.9. The number of carbonyl (C=O) groups is 2. The van der Waals surface area contributed by atoms with Gasteiger partial charge in [0.1, 0.15) is 11.8 Å². The molecule has 5 nitrogen and oxygen atoms in total. The Morgan fingerprint density at radius 3 is 2.47 bits per heavy atom. The molecule has 0 heterocycles. The Balaban J connectivity index is 2.09. The third-order valence-corrected chi connectivity index (χ3v) is 5.43. The monoisotopic (exact) mass is 474 g/mol. The minimum atomic E-state index is -0.598. The minimum Gasteiger partial charge on any atom is -0.484 e. The zero-order valence-corrected chi connectivity index (χ0v) is 19.6. The second kappa shape index (κ2) is 12.4. The Kier molecular flexibility index (Phi) is 9.87. The SMILES string of the molecule is CCCCNC(=O)[C@H](C)N(Cc1cccc(Br)c1)C(=O)COc1ccc(CC)cc1. The van der Waals surface area contributed by atoms with Gasteiger partial charge in [0.15, 0.2) is 6.61 Å². The Hall–Kier alpha value is -2.34. The van der Waals surface area contributed by atoms with Gasteiger partial charge in [-0.15, -0.1) is 0 Å². The molecule has 0 radical (unpaired) electrons. The molecule has 0 unspecified atom stereocenters. The van der Waals surface area contributed by atoms with Crippen LogP contribution in [0.5, 0.6) is 5.75 Å². The molecule has 0 saturated heterocycles. The normalized spacial score (nSPS) is 11.6. The molecule has 162 valence electrons. The standard InChI is InChI=1S/C24H31BrN2O3/c1-4-6-14-26-24(29)18(3)27(16-20-8-7-9-21(25)15-20)23(28)17-30-22-12-10-19(5-2)11-13-22/h7-13,15,18H,4-6,14,16-17H2,1-3H3,(H,26,29)/t18-/m0/s1. The third-order valence-electron chi connectivity index (χ3n) is 4.93. The molecule has 0 saturated carbocycles. The summed E-state index contributed by atoms with van der Waals surface area (Å²) in [6, 6.07) is 14.9. The van der Waals surface area contributed by atoms with E-state index in [0.717, 1.165) is 29.3 Å². The predicted octanol–water partition coefficient (Wildman–Crippen LogP) is 4.72. The zero-order chi connectivity index (χ0) is 21.9. The lowest BCUT2D eigenvalue weighted by Crippen LogP contribution is -2.49. The van der Waals surface area contributed by atoms with E-state index < -0.39 is 6.04 Å². The quantitative estimate of drug-likeness (QED) is 0.479. The number of nitrogens with one attached hydrogen (secondary N) is 1. The number of nitrogens with zero attached hydrogens (tertiary/aromatic N) is 1. The summed E-state index contributed by atoms with van der Waals surface area (Å²) in [7, 11) is 0. The van der Waals surface area contributed by atoms with E-state index in [0.29, 0.717) is 18.8 Å². The number of unbranched alkanes of at least 4 members (excludes halogenated alkanes) is 1. The average molecular weight is 475 g/mol. The Morgan fingerprint density at radius 2 is 1.83 bits per heavy atom. The molecule has 2 amide bonds. The summed E-state index contributed by atoms with van der Waals surface area (Å²) in [5.41, 5.74) is 2.15. The molecule has 2 aromatic carbocycles. The van der Waals surface area contributed by atoms with Crippen molar-refractivity contribution in [2.45, 2.75) is 52.6 Å². The van der Waals surface area contributed by atoms with Crippen molar-refractivity contribution in [2.24, 2.45) is 0 Å². The van der Waals surface area contributed by atoms with Crippen molar-refractivity contribution in [2.75, 3.05) is 13.2 Å². The average Bonchev–Trinajstić information content (AvgIpc) is 2.75. The molecule has 0 aliphatic carbocycles. The first-order chi connectivity index (χ1) is 14.4. The van der Waals surface area contributed by atoms with Crippen molar-refractivity contribution < 1.29 is 14.3 Å². The first-order valence-corrected chi connectivity index (χ1v) is 11.3. The molecule has 0 bridgehead atoms. The Bertz CT molecular complexity index is 823. The zero-order valence-electron chi connectivity index (χ0n) is 18.0. The summed E-state index contributed by atoms with van der Waals surface area (Å²) in [6.07, 6.45) is 2.86. The Labute approximate surface area is 187 Å². The van der Waals surface area contributed by atoms with E-state index >= 15 is 0 Å². The summed E-state index contributed by atoms with van der Waals surface area (Å²) in [5, 5.41) is 2.92. The van der Waals surface area contributed by atoms with E-state index in [2.05, 4.69) is 35.1 Å². The van der Waals surface area contributed by atoms with Crippen LogP contribution in [0.4, 0.5) is 0 Å². The second-order valence-corrected chi connectivity index (χ2v) is 8.17. The maximum atomic E-state index is 13.0. The van der Waals surface area contributed by atoms with E-state index in [4.69, 9.17) is 4.74 Å². The largest absolute Gasteiger partial charge is 0.484 e. The van der Waals surface area contributed by atoms with Gasteiger partial charge in [-0.3, -0.25) is 9.59 Å². The summed E-state index contributed by atoms with van der Waals surface area (Å²) in [4.78, 5) is 27.2. The van der Waals surface area contributed by atoms with E-state index in [1.54, 1.807) is 11.8 Å². The number of rotatable bonds is 11. The van der Waals surface area contributed by atoms with Crippen molar-refractivity contribution in [1.29, 1.82) is 0 Å². The van der Waals surface area contributed by atoms with Crippen LogP contribution < -0.4 is 10.1 Å². The fourth-order valence-corrected chi connectivity index (χ4v) is 3.45. The van der Waals surface area contributed by atoms with Crippen LogP contribution in [0.2, 0.25) is 0 Å². The number of amides is 2. The lowest BCUT2D eigenvalue weighted by molar-refractivity contribution is -0.142. The van der Waals surface area contributed by atoms with Crippen LogP contribution in [0, 0.1) is 0 Å². The Morgan fingerprint density at radius 1 is 1.10 bits per heavy atom. The van der Waals surface area contributed by atoms with Gasteiger partial charge < -0.3 is 15.0 Å². The molecule has 1 atom stereocenters. The van der Waals surface area contributed by atoms with Gasteiger partial charge in [-0.05, 0) is 55.2 Å². The maximum absolute atomic E-state index is 13.0. The molecule has 0 fully saturated rings. The van der Waals surface area contributed by atoms with Crippen LogP contribution in [0.1, 0.15) is 44.7 Å². The van der Waals surface area contributed by atoms with E-state index in [1.807, 2.05) is 48.5 Å². The highest BCUT2D eigenvalue weighted by molar-refractivity contribution is 9.10. The number of hydrogen-bond donors (Lipinski definition) is 1. The van der Waals surface area contributed by atoms with Crippen LogP contribution in [0.15, 0.2) is 53.0 Å². The topological polar surface area (TPSA) is 58.6 Å². The maximum Gasteiger partial charge on any atom is 0.261 e. The first-order valence-electron chi connectivity index (χ1n) is 10.5. The second-order valence-electron chi connectivity index (χ2n) is 7.26. The van der Waals surface area contributed by atoms with E-state index in [-0.39, 0.29) is 18.4 Å². The number of carbonyl (C=O) groups excluding carboxylic acids is 2. The molecular weight excluding hydrogens is 444 g/mol. The lowest BCUT2D eigenvalue weighted by Gasteiger charge is -2.29. The molecule has 2 rings (SSSR count). The van der Waals surface area contributed by atoms with Gasteiger partial charge in [0.2, 0.25) is 5.91 Å². The van der Waals surface area contributed by atoms with E-state index in [1.165, 1.54) is 5.56 Å². The molecule has 1 N–H and O–H groups in total. The highest BCUT2D eigenvalue weighted by Gasteiger charge is 2.26. The lowest BCUT2D eigenvalue weighted by atomic mass is 10.1. The van der Waals surface area contributed by atoms with Crippen LogP contribution in [-0.4, -0.2) is 35.9 Å². The van der Waals surface area contributed by atoms with Gasteiger partial charge in [-0.1, -0.05) is 60.5 Å². The van der Waals surface area contributed by atoms with Crippen LogP contribution >= 0.6 is 15.9 Å². The van der Waals surface area contributed by atoms with Crippen molar-refractivity contribution >= 4 is 27.7 Å². The van der Waals surface area contributed by atoms with Crippen LogP contribution in [0.3, 0.4) is 0 Å². The van der Waals surface area contributed by atoms with Crippen molar-refractivity contribution in [3.63, 3.8) is 0 Å². The van der Waals surface area contributed by atoms with Gasteiger partial charge in [0.05, 0.1) is 0 Å².